The summed E-state index contributed by atoms with van der Waals surface area (Å²) in [5.41, 5.74) is 5.84. The fourth-order valence-corrected chi connectivity index (χ4v) is 4.82. The molecule has 2 atom stereocenters. The topological polar surface area (TPSA) is 48.7 Å². The zero-order valence-electron chi connectivity index (χ0n) is 18.3. The normalized spacial score (nSPS) is 21.0. The molecule has 0 bridgehead atoms. The van der Waals surface area contributed by atoms with Crippen molar-refractivity contribution in [3.63, 3.8) is 0 Å². The van der Waals surface area contributed by atoms with Crippen molar-refractivity contribution >= 4 is 11.5 Å². The molecule has 0 radical (unpaired) electrons. The van der Waals surface area contributed by atoms with E-state index in [2.05, 4.69) is 76.9 Å². The Morgan fingerprint density at radius 3 is 2.73 bits per heavy atom. The first-order valence-corrected chi connectivity index (χ1v) is 11.2. The van der Waals surface area contributed by atoms with E-state index in [0.717, 1.165) is 56.1 Å². The molecule has 0 amide bonds. The first kappa shape index (κ1) is 19.5. The maximum atomic E-state index is 4.97. The standard InChI is InChI=1S/C24H32N6/c1-17-10-11-19-6-4-7-20(24(19)25-17)26-18(2)21-16-30-22(27-21)8-5-9-23(30)29-14-12-28(3)13-15-29/h5,8-11,16,18,20,26H,4,6-7,12-15H2,1-3H3. The average molecular weight is 405 g/mol. The molecule has 0 spiro atoms. The van der Waals surface area contributed by atoms with Crippen LogP contribution in [-0.2, 0) is 6.42 Å². The molecule has 158 valence electrons. The van der Waals surface area contributed by atoms with E-state index in [1.54, 1.807) is 0 Å². The van der Waals surface area contributed by atoms with Crippen LogP contribution in [0.3, 0.4) is 0 Å². The number of aryl methyl sites for hydroxylation is 2. The first-order valence-electron chi connectivity index (χ1n) is 11.2. The van der Waals surface area contributed by atoms with Crippen molar-refractivity contribution in [2.24, 2.45) is 0 Å². The highest BCUT2D eigenvalue weighted by Crippen LogP contribution is 2.31. The van der Waals surface area contributed by atoms with Crippen molar-refractivity contribution in [3.8, 4) is 0 Å². The number of pyridine rings is 2. The molecule has 3 aromatic rings. The lowest BCUT2D eigenvalue weighted by Gasteiger charge is -2.34. The molecule has 5 rings (SSSR count). The van der Waals surface area contributed by atoms with Crippen LogP contribution in [0, 0.1) is 6.92 Å². The molecule has 2 unspecified atom stereocenters. The van der Waals surface area contributed by atoms with E-state index in [0.29, 0.717) is 6.04 Å². The molecule has 1 fully saturated rings. The highest BCUT2D eigenvalue weighted by atomic mass is 15.3. The molecular formula is C24H32N6. The number of anilines is 1. The fourth-order valence-electron chi connectivity index (χ4n) is 4.82. The number of nitrogens with one attached hydrogen (secondary N) is 1. The van der Waals surface area contributed by atoms with Crippen LogP contribution in [0.4, 0.5) is 5.82 Å². The third kappa shape index (κ3) is 3.70. The maximum Gasteiger partial charge on any atom is 0.138 e. The van der Waals surface area contributed by atoms with E-state index < -0.39 is 0 Å². The van der Waals surface area contributed by atoms with Crippen LogP contribution < -0.4 is 10.2 Å². The minimum atomic E-state index is 0.170. The zero-order chi connectivity index (χ0) is 20.7. The van der Waals surface area contributed by atoms with Gasteiger partial charge in [-0.1, -0.05) is 12.1 Å². The third-order valence-electron chi connectivity index (χ3n) is 6.63. The Hall–Kier alpha value is -2.44. The Balaban J connectivity index is 1.39. The second kappa shape index (κ2) is 8.00. The van der Waals surface area contributed by atoms with Crippen molar-refractivity contribution in [2.75, 3.05) is 38.1 Å². The summed E-state index contributed by atoms with van der Waals surface area (Å²) in [4.78, 5) is 14.7. The van der Waals surface area contributed by atoms with Crippen LogP contribution in [0.2, 0.25) is 0 Å². The molecule has 1 aliphatic heterocycles. The van der Waals surface area contributed by atoms with Crippen LogP contribution >= 0.6 is 0 Å². The van der Waals surface area contributed by atoms with Gasteiger partial charge in [0.2, 0.25) is 0 Å². The van der Waals surface area contributed by atoms with Crippen molar-refractivity contribution in [1.29, 1.82) is 0 Å². The van der Waals surface area contributed by atoms with Gasteiger partial charge < -0.3 is 15.1 Å². The van der Waals surface area contributed by atoms with Gasteiger partial charge in [0.05, 0.1) is 17.4 Å². The first-order chi connectivity index (χ1) is 14.6. The van der Waals surface area contributed by atoms with Gasteiger partial charge in [0.15, 0.2) is 0 Å². The van der Waals surface area contributed by atoms with Crippen LogP contribution in [0.15, 0.2) is 36.5 Å². The summed E-state index contributed by atoms with van der Waals surface area (Å²) in [6.07, 6.45) is 5.69. The van der Waals surface area contributed by atoms with Gasteiger partial charge in [0.25, 0.3) is 0 Å². The van der Waals surface area contributed by atoms with Crippen molar-refractivity contribution in [2.45, 2.75) is 45.2 Å². The summed E-state index contributed by atoms with van der Waals surface area (Å²) >= 11 is 0. The molecule has 30 heavy (non-hydrogen) atoms. The molecule has 4 heterocycles. The Morgan fingerprint density at radius 2 is 1.90 bits per heavy atom. The Bertz CT molecular complexity index is 1030. The quantitative estimate of drug-likeness (QED) is 0.721. The van der Waals surface area contributed by atoms with Gasteiger partial charge in [0.1, 0.15) is 11.5 Å². The average Bonchev–Trinajstić information content (AvgIpc) is 3.19. The molecular weight excluding hydrogens is 372 g/mol. The van der Waals surface area contributed by atoms with E-state index in [1.807, 2.05) is 0 Å². The van der Waals surface area contributed by atoms with Gasteiger partial charge in [-0.3, -0.25) is 9.38 Å². The summed E-state index contributed by atoms with van der Waals surface area (Å²) in [6.45, 7) is 8.62. The lowest BCUT2D eigenvalue weighted by Crippen LogP contribution is -2.45. The summed E-state index contributed by atoms with van der Waals surface area (Å²) < 4.78 is 2.26. The van der Waals surface area contributed by atoms with Crippen molar-refractivity contribution < 1.29 is 0 Å². The summed E-state index contributed by atoms with van der Waals surface area (Å²) in [7, 11) is 2.19. The largest absolute Gasteiger partial charge is 0.355 e. The number of hydrogen-bond donors (Lipinski definition) is 1. The van der Waals surface area contributed by atoms with E-state index >= 15 is 0 Å². The molecule has 0 saturated carbocycles. The number of imidazole rings is 1. The van der Waals surface area contributed by atoms with Gasteiger partial charge in [-0.25, -0.2) is 4.98 Å². The minimum absolute atomic E-state index is 0.170. The lowest BCUT2D eigenvalue weighted by atomic mass is 9.91. The third-order valence-corrected chi connectivity index (χ3v) is 6.63. The Labute approximate surface area is 178 Å². The second-order valence-electron chi connectivity index (χ2n) is 8.90. The summed E-state index contributed by atoms with van der Waals surface area (Å²) in [5.74, 6) is 1.24. The van der Waals surface area contributed by atoms with Crippen LogP contribution in [0.25, 0.3) is 5.65 Å². The van der Waals surface area contributed by atoms with E-state index in [-0.39, 0.29) is 6.04 Å². The smallest absolute Gasteiger partial charge is 0.138 e. The van der Waals surface area contributed by atoms with Crippen molar-refractivity contribution in [1.82, 2.24) is 24.6 Å². The summed E-state index contributed by atoms with van der Waals surface area (Å²) in [6, 6.07) is 11.3. The number of aromatic nitrogens is 3. The van der Waals surface area contributed by atoms with Gasteiger partial charge >= 0.3 is 0 Å². The van der Waals surface area contributed by atoms with Crippen LogP contribution in [0.5, 0.6) is 0 Å². The van der Waals surface area contributed by atoms with Gasteiger partial charge in [-0.05, 0) is 63.9 Å². The van der Waals surface area contributed by atoms with Gasteiger partial charge in [0, 0.05) is 44.1 Å². The highest BCUT2D eigenvalue weighted by molar-refractivity contribution is 5.53. The van der Waals surface area contributed by atoms with Crippen molar-refractivity contribution in [3.05, 3.63) is 59.2 Å². The van der Waals surface area contributed by atoms with Gasteiger partial charge in [-0.15, -0.1) is 0 Å². The Morgan fingerprint density at radius 1 is 1.07 bits per heavy atom. The zero-order valence-corrected chi connectivity index (χ0v) is 18.3. The molecule has 1 aliphatic carbocycles. The monoisotopic (exact) mass is 404 g/mol. The van der Waals surface area contributed by atoms with E-state index in [9.17, 15) is 0 Å². The molecule has 1 saturated heterocycles. The molecule has 2 aliphatic rings. The number of nitrogens with zero attached hydrogens (tertiary/aromatic N) is 5. The molecule has 6 heteroatoms. The molecule has 1 N–H and O–H groups in total. The number of hydrogen-bond acceptors (Lipinski definition) is 5. The Kier molecular flexibility index (Phi) is 5.21. The lowest BCUT2D eigenvalue weighted by molar-refractivity contribution is 0.312. The number of rotatable bonds is 4. The van der Waals surface area contributed by atoms with E-state index in [1.165, 1.54) is 23.5 Å². The maximum absolute atomic E-state index is 4.97. The number of piperazine rings is 1. The predicted octanol–water partition coefficient (Wildman–Crippen LogP) is 3.52. The number of likely N-dealkylation sites (N-methyl/N-ethyl adjacent to an activating group) is 1. The van der Waals surface area contributed by atoms with Gasteiger partial charge in [-0.2, -0.15) is 0 Å². The SMILES string of the molecule is Cc1ccc2c(n1)C(NC(C)c1cn3c(N4CCN(C)CC4)cccc3n1)CCC2. The fraction of sp³-hybridized carbons (Fsp3) is 0.500. The molecule has 3 aromatic heterocycles. The minimum Gasteiger partial charge on any atom is -0.355 e. The van der Waals surface area contributed by atoms with Crippen LogP contribution in [0.1, 0.15) is 54.5 Å². The highest BCUT2D eigenvalue weighted by Gasteiger charge is 2.25. The number of fused-ring (bicyclic) bond motifs is 2. The predicted molar refractivity (Wildman–Crippen MR) is 121 cm³/mol. The molecule has 6 nitrogen and oxygen atoms in total. The van der Waals surface area contributed by atoms with Crippen LogP contribution in [-0.4, -0.2) is 52.5 Å². The second-order valence-corrected chi connectivity index (χ2v) is 8.90. The summed E-state index contributed by atoms with van der Waals surface area (Å²) in [5, 5.41) is 3.83. The van der Waals surface area contributed by atoms with E-state index in [4.69, 9.17) is 9.97 Å². The molecule has 0 aromatic carbocycles.